The van der Waals surface area contributed by atoms with Crippen molar-refractivity contribution in [3.8, 4) is 6.07 Å². The second-order valence-corrected chi connectivity index (χ2v) is 6.55. The molecule has 1 aromatic carbocycles. The number of urea groups is 1. The number of hydrogen-bond donors (Lipinski definition) is 1. The number of nitrogens with zero attached hydrogens (tertiary/aromatic N) is 3. The van der Waals surface area contributed by atoms with Crippen LogP contribution in [0.2, 0.25) is 0 Å². The van der Waals surface area contributed by atoms with Crippen LogP contribution < -0.4 is 5.32 Å². The topological polar surface area (TPSA) is 76.4 Å². The number of nitriles is 1. The van der Waals surface area contributed by atoms with Gasteiger partial charge in [-0.2, -0.15) is 5.26 Å². The van der Waals surface area contributed by atoms with Crippen molar-refractivity contribution in [2.75, 3.05) is 13.1 Å². The minimum absolute atomic E-state index is 0.120. The van der Waals surface area contributed by atoms with Gasteiger partial charge < -0.3 is 5.32 Å². The Morgan fingerprint density at radius 1 is 1.39 bits per heavy atom. The molecular formula is C17H20N4O2. The number of imide groups is 1. The van der Waals surface area contributed by atoms with Crippen LogP contribution in [0.15, 0.2) is 24.3 Å². The van der Waals surface area contributed by atoms with Gasteiger partial charge in [-0.05, 0) is 38.0 Å². The van der Waals surface area contributed by atoms with E-state index in [0.29, 0.717) is 25.1 Å². The molecule has 2 heterocycles. The molecule has 0 aromatic heterocycles. The van der Waals surface area contributed by atoms with E-state index in [1.807, 2.05) is 32.0 Å². The Kier molecular flexibility index (Phi) is 3.82. The first-order chi connectivity index (χ1) is 10.9. The van der Waals surface area contributed by atoms with Crippen LogP contribution in [-0.2, 0) is 11.3 Å². The van der Waals surface area contributed by atoms with Gasteiger partial charge in [0.15, 0.2) is 0 Å². The molecular weight excluding hydrogens is 292 g/mol. The van der Waals surface area contributed by atoms with Crippen LogP contribution in [-0.4, -0.2) is 46.4 Å². The average molecular weight is 312 g/mol. The maximum Gasteiger partial charge on any atom is 0.325 e. The number of likely N-dealkylation sites (tertiary alicyclic amines) is 1. The van der Waals surface area contributed by atoms with Crippen LogP contribution in [0.25, 0.3) is 0 Å². The van der Waals surface area contributed by atoms with E-state index < -0.39 is 5.54 Å². The summed E-state index contributed by atoms with van der Waals surface area (Å²) in [6, 6.07) is 9.18. The fraction of sp³-hybridized carbons (Fsp3) is 0.471. The number of nitrogens with one attached hydrogen (secondary N) is 1. The molecule has 2 aliphatic heterocycles. The van der Waals surface area contributed by atoms with E-state index in [9.17, 15) is 9.59 Å². The Labute approximate surface area is 135 Å². The molecule has 3 rings (SSSR count). The molecule has 3 amide bonds. The Hall–Kier alpha value is -2.39. The van der Waals surface area contributed by atoms with E-state index in [4.69, 9.17) is 5.26 Å². The molecule has 1 N–H and O–H groups in total. The van der Waals surface area contributed by atoms with Gasteiger partial charge in [-0.25, -0.2) is 4.79 Å². The maximum atomic E-state index is 12.7. The van der Waals surface area contributed by atoms with Crippen LogP contribution in [0.4, 0.5) is 4.79 Å². The zero-order valence-electron chi connectivity index (χ0n) is 13.4. The fourth-order valence-corrected chi connectivity index (χ4v) is 3.41. The second-order valence-electron chi connectivity index (χ2n) is 6.55. The van der Waals surface area contributed by atoms with Gasteiger partial charge in [-0.1, -0.05) is 12.1 Å². The van der Waals surface area contributed by atoms with Crippen LogP contribution >= 0.6 is 0 Å². The zero-order chi connectivity index (χ0) is 16.6. The molecule has 2 aliphatic rings. The summed E-state index contributed by atoms with van der Waals surface area (Å²) in [6.07, 6.45) is 0.624. The lowest BCUT2D eigenvalue weighted by atomic mass is 9.98. The number of rotatable bonds is 3. The van der Waals surface area contributed by atoms with Crippen LogP contribution in [0.1, 0.15) is 31.4 Å². The molecule has 1 spiro atoms. The third kappa shape index (κ3) is 2.68. The van der Waals surface area contributed by atoms with Crippen molar-refractivity contribution >= 4 is 11.9 Å². The second kappa shape index (κ2) is 5.67. The van der Waals surface area contributed by atoms with E-state index in [1.165, 1.54) is 4.90 Å². The van der Waals surface area contributed by atoms with Crippen molar-refractivity contribution in [1.82, 2.24) is 15.1 Å². The Bertz CT molecular complexity index is 694. The molecule has 0 unspecified atom stereocenters. The molecule has 0 radical (unpaired) electrons. The smallest absolute Gasteiger partial charge is 0.322 e. The summed E-state index contributed by atoms with van der Waals surface area (Å²) in [5, 5.41) is 11.9. The van der Waals surface area contributed by atoms with Gasteiger partial charge in [-0.3, -0.25) is 14.6 Å². The van der Waals surface area contributed by atoms with E-state index in [1.54, 1.807) is 6.07 Å². The van der Waals surface area contributed by atoms with Crippen LogP contribution in [0, 0.1) is 11.3 Å². The first-order valence-electron chi connectivity index (χ1n) is 7.82. The van der Waals surface area contributed by atoms with Gasteiger partial charge in [0.2, 0.25) is 0 Å². The molecule has 0 saturated carbocycles. The average Bonchev–Trinajstić information content (AvgIpc) is 3.01. The van der Waals surface area contributed by atoms with Crippen molar-refractivity contribution in [2.45, 2.75) is 38.4 Å². The fourth-order valence-electron chi connectivity index (χ4n) is 3.41. The third-order valence-electron chi connectivity index (χ3n) is 4.52. The lowest BCUT2D eigenvalue weighted by Crippen LogP contribution is -2.49. The largest absolute Gasteiger partial charge is 0.325 e. The van der Waals surface area contributed by atoms with Crippen molar-refractivity contribution in [3.63, 3.8) is 0 Å². The molecule has 120 valence electrons. The van der Waals surface area contributed by atoms with Crippen molar-refractivity contribution in [2.24, 2.45) is 0 Å². The van der Waals surface area contributed by atoms with E-state index in [0.717, 1.165) is 12.1 Å². The molecule has 1 aromatic rings. The summed E-state index contributed by atoms with van der Waals surface area (Å²) in [7, 11) is 0. The number of hydrogen-bond acceptors (Lipinski definition) is 4. The number of carbonyl (C=O) groups excluding carboxylic acids is 2. The molecule has 6 nitrogen and oxygen atoms in total. The van der Waals surface area contributed by atoms with E-state index >= 15 is 0 Å². The summed E-state index contributed by atoms with van der Waals surface area (Å²) in [5.74, 6) is -0.120. The minimum atomic E-state index is -0.784. The Morgan fingerprint density at radius 3 is 2.83 bits per heavy atom. The first-order valence-corrected chi connectivity index (χ1v) is 7.82. The maximum absolute atomic E-state index is 12.7. The quantitative estimate of drug-likeness (QED) is 0.857. The monoisotopic (exact) mass is 312 g/mol. The lowest BCUT2D eigenvalue weighted by Gasteiger charge is -2.23. The SMILES string of the molecule is CC(C)N1C(=O)N[C@]2(CCN(Cc3cccc(C#N)c3)C2)C1=O. The third-order valence-corrected chi connectivity index (χ3v) is 4.52. The van der Waals surface area contributed by atoms with E-state index in [2.05, 4.69) is 16.3 Å². The van der Waals surface area contributed by atoms with Gasteiger partial charge in [0.1, 0.15) is 5.54 Å². The number of carbonyl (C=O) groups is 2. The lowest BCUT2D eigenvalue weighted by molar-refractivity contribution is -0.132. The molecule has 2 saturated heterocycles. The van der Waals surface area contributed by atoms with E-state index in [-0.39, 0.29) is 18.0 Å². The minimum Gasteiger partial charge on any atom is -0.322 e. The van der Waals surface area contributed by atoms with Crippen molar-refractivity contribution in [1.29, 1.82) is 5.26 Å². The Balaban J connectivity index is 1.72. The normalized spacial score (nSPS) is 24.5. The molecule has 6 heteroatoms. The highest BCUT2D eigenvalue weighted by Crippen LogP contribution is 2.30. The highest BCUT2D eigenvalue weighted by Gasteiger charge is 2.55. The zero-order valence-corrected chi connectivity index (χ0v) is 13.4. The summed E-state index contributed by atoms with van der Waals surface area (Å²) < 4.78 is 0. The molecule has 0 aliphatic carbocycles. The molecule has 0 bridgehead atoms. The van der Waals surface area contributed by atoms with Crippen LogP contribution in [0.3, 0.4) is 0 Å². The van der Waals surface area contributed by atoms with Gasteiger partial charge in [0, 0.05) is 25.7 Å². The van der Waals surface area contributed by atoms with Gasteiger partial charge >= 0.3 is 6.03 Å². The molecule has 23 heavy (non-hydrogen) atoms. The number of amides is 3. The van der Waals surface area contributed by atoms with Crippen molar-refractivity contribution < 1.29 is 9.59 Å². The predicted octanol–water partition coefficient (Wildman–Crippen LogP) is 1.46. The van der Waals surface area contributed by atoms with Crippen LogP contribution in [0.5, 0.6) is 0 Å². The molecule has 1 atom stereocenters. The summed E-state index contributed by atoms with van der Waals surface area (Å²) >= 11 is 0. The van der Waals surface area contributed by atoms with Gasteiger partial charge in [0.25, 0.3) is 5.91 Å². The Morgan fingerprint density at radius 2 is 2.17 bits per heavy atom. The summed E-state index contributed by atoms with van der Waals surface area (Å²) in [4.78, 5) is 28.2. The van der Waals surface area contributed by atoms with Gasteiger partial charge in [-0.15, -0.1) is 0 Å². The van der Waals surface area contributed by atoms with Crippen molar-refractivity contribution in [3.05, 3.63) is 35.4 Å². The summed E-state index contributed by atoms with van der Waals surface area (Å²) in [5.41, 5.74) is 0.889. The molecule has 2 fully saturated rings. The highest BCUT2D eigenvalue weighted by molar-refractivity contribution is 6.07. The highest BCUT2D eigenvalue weighted by atomic mass is 16.2. The summed E-state index contributed by atoms with van der Waals surface area (Å²) in [6.45, 7) is 5.61. The first kappa shape index (κ1) is 15.5. The van der Waals surface area contributed by atoms with Gasteiger partial charge in [0.05, 0.1) is 11.6 Å². The standard InChI is InChI=1S/C17H20N4O2/c1-12(2)21-15(22)17(19-16(21)23)6-7-20(11-17)10-14-5-3-4-13(8-14)9-18/h3-5,8,12H,6-7,10-11H2,1-2H3,(H,19,23)/t17-/m0/s1. The predicted molar refractivity (Wildman–Crippen MR) is 84.3 cm³/mol. The number of benzene rings is 1.